The second kappa shape index (κ2) is 6.07. The zero-order chi connectivity index (χ0) is 13.9. The third-order valence-corrected chi connectivity index (χ3v) is 5.35. The van der Waals surface area contributed by atoms with E-state index in [2.05, 4.69) is 12.2 Å². The van der Waals surface area contributed by atoms with Crippen LogP contribution in [0.3, 0.4) is 0 Å². The summed E-state index contributed by atoms with van der Waals surface area (Å²) < 4.78 is 28.6. The maximum Gasteiger partial charge on any atom is 0.244 e. The van der Waals surface area contributed by atoms with Crippen LogP contribution in [0.2, 0.25) is 0 Å². The molecule has 2 heterocycles. The SMILES string of the molecule is CCCn1cc(S(=O)(=O)N2CCCC2)cc1CNC. The lowest BCUT2D eigenvalue weighted by Gasteiger charge is -2.13. The first-order valence-electron chi connectivity index (χ1n) is 6.93. The summed E-state index contributed by atoms with van der Waals surface area (Å²) in [5.41, 5.74) is 1.03. The van der Waals surface area contributed by atoms with E-state index in [1.807, 2.05) is 11.6 Å². The fraction of sp³-hybridized carbons (Fsp3) is 0.692. The van der Waals surface area contributed by atoms with E-state index in [-0.39, 0.29) is 0 Å². The second-order valence-electron chi connectivity index (χ2n) is 5.00. The second-order valence-corrected chi connectivity index (χ2v) is 6.94. The van der Waals surface area contributed by atoms with Crippen LogP contribution < -0.4 is 5.32 Å². The predicted octanol–water partition coefficient (Wildman–Crippen LogP) is 1.40. The van der Waals surface area contributed by atoms with Crippen molar-refractivity contribution in [1.29, 1.82) is 0 Å². The highest BCUT2D eigenvalue weighted by molar-refractivity contribution is 7.89. The van der Waals surface area contributed by atoms with E-state index >= 15 is 0 Å². The zero-order valence-corrected chi connectivity index (χ0v) is 12.5. The number of rotatable bonds is 6. The van der Waals surface area contributed by atoms with Crippen molar-refractivity contribution in [2.24, 2.45) is 0 Å². The Labute approximate surface area is 115 Å². The molecule has 0 aromatic carbocycles. The van der Waals surface area contributed by atoms with Gasteiger partial charge in [-0.05, 0) is 32.4 Å². The number of hydrogen-bond donors (Lipinski definition) is 1. The van der Waals surface area contributed by atoms with Gasteiger partial charge in [0, 0.05) is 38.1 Å². The van der Waals surface area contributed by atoms with Crippen LogP contribution in [0.15, 0.2) is 17.2 Å². The fourth-order valence-electron chi connectivity index (χ4n) is 2.52. The van der Waals surface area contributed by atoms with Gasteiger partial charge in [-0.25, -0.2) is 8.42 Å². The molecule has 1 aromatic rings. The van der Waals surface area contributed by atoms with E-state index in [0.717, 1.165) is 31.5 Å². The van der Waals surface area contributed by atoms with E-state index in [0.29, 0.717) is 24.5 Å². The van der Waals surface area contributed by atoms with Crippen LogP contribution in [0.1, 0.15) is 31.9 Å². The molecule has 6 heteroatoms. The Morgan fingerprint density at radius 2 is 2.00 bits per heavy atom. The third-order valence-electron chi connectivity index (χ3n) is 3.49. The molecule has 19 heavy (non-hydrogen) atoms. The normalized spacial score (nSPS) is 17.2. The minimum Gasteiger partial charge on any atom is -0.349 e. The number of hydrogen-bond acceptors (Lipinski definition) is 3. The fourth-order valence-corrected chi connectivity index (χ4v) is 4.10. The van der Waals surface area contributed by atoms with Crippen molar-refractivity contribution in [1.82, 2.24) is 14.2 Å². The molecule has 0 amide bonds. The number of aromatic nitrogens is 1. The van der Waals surface area contributed by atoms with E-state index in [4.69, 9.17) is 0 Å². The van der Waals surface area contributed by atoms with Crippen molar-refractivity contribution in [2.75, 3.05) is 20.1 Å². The maximum atomic E-state index is 12.5. The molecule has 1 N–H and O–H groups in total. The summed E-state index contributed by atoms with van der Waals surface area (Å²) in [5, 5.41) is 3.09. The Balaban J connectivity index is 2.31. The Hall–Kier alpha value is -0.850. The van der Waals surface area contributed by atoms with Gasteiger partial charge in [-0.3, -0.25) is 0 Å². The molecular formula is C13H23N3O2S. The van der Waals surface area contributed by atoms with Crippen molar-refractivity contribution in [3.63, 3.8) is 0 Å². The Kier molecular flexibility index (Phi) is 4.65. The zero-order valence-electron chi connectivity index (χ0n) is 11.7. The van der Waals surface area contributed by atoms with Crippen LogP contribution in [0.4, 0.5) is 0 Å². The lowest BCUT2D eigenvalue weighted by atomic mass is 10.4. The summed E-state index contributed by atoms with van der Waals surface area (Å²) in [5.74, 6) is 0. The molecule has 0 unspecified atom stereocenters. The van der Waals surface area contributed by atoms with Crippen molar-refractivity contribution in [3.8, 4) is 0 Å². The average molecular weight is 285 g/mol. The van der Waals surface area contributed by atoms with Crippen molar-refractivity contribution >= 4 is 10.0 Å². The van der Waals surface area contributed by atoms with Gasteiger partial charge in [-0.2, -0.15) is 4.31 Å². The Morgan fingerprint density at radius 1 is 1.32 bits per heavy atom. The molecule has 0 spiro atoms. The summed E-state index contributed by atoms with van der Waals surface area (Å²) >= 11 is 0. The van der Waals surface area contributed by atoms with E-state index in [1.165, 1.54) is 0 Å². The highest BCUT2D eigenvalue weighted by atomic mass is 32.2. The molecule has 0 bridgehead atoms. The van der Waals surface area contributed by atoms with Gasteiger partial charge in [0.1, 0.15) is 4.90 Å². The van der Waals surface area contributed by atoms with Gasteiger partial charge < -0.3 is 9.88 Å². The summed E-state index contributed by atoms with van der Waals surface area (Å²) in [6, 6.07) is 1.81. The molecule has 0 aliphatic carbocycles. The lowest BCUT2D eigenvalue weighted by molar-refractivity contribution is 0.477. The van der Waals surface area contributed by atoms with Crippen LogP contribution in [0.25, 0.3) is 0 Å². The standard InChI is InChI=1S/C13H23N3O2S/c1-3-6-15-11-13(9-12(15)10-14-2)19(17,18)16-7-4-5-8-16/h9,11,14H,3-8,10H2,1-2H3. The van der Waals surface area contributed by atoms with Gasteiger partial charge in [-0.15, -0.1) is 0 Å². The molecule has 1 aliphatic heterocycles. The highest BCUT2D eigenvalue weighted by Gasteiger charge is 2.28. The monoisotopic (exact) mass is 285 g/mol. The third kappa shape index (κ3) is 3.01. The smallest absolute Gasteiger partial charge is 0.244 e. The first-order chi connectivity index (χ1) is 9.09. The van der Waals surface area contributed by atoms with Crippen molar-refractivity contribution in [2.45, 2.75) is 44.2 Å². The molecule has 1 aromatic heterocycles. The van der Waals surface area contributed by atoms with E-state index in [1.54, 1.807) is 16.6 Å². The van der Waals surface area contributed by atoms with Crippen LogP contribution in [-0.4, -0.2) is 37.4 Å². The molecule has 0 saturated carbocycles. The van der Waals surface area contributed by atoms with E-state index < -0.39 is 10.0 Å². The Bertz CT molecular complexity index is 492. The maximum absolute atomic E-state index is 12.5. The Morgan fingerprint density at radius 3 is 2.58 bits per heavy atom. The number of nitrogens with one attached hydrogen (secondary N) is 1. The van der Waals surface area contributed by atoms with Gasteiger partial charge in [-0.1, -0.05) is 6.92 Å². The van der Waals surface area contributed by atoms with E-state index in [9.17, 15) is 8.42 Å². The van der Waals surface area contributed by atoms with Gasteiger partial charge in [0.25, 0.3) is 0 Å². The first kappa shape index (κ1) is 14.6. The molecule has 5 nitrogen and oxygen atoms in total. The lowest BCUT2D eigenvalue weighted by Crippen LogP contribution is -2.27. The number of nitrogens with zero attached hydrogens (tertiary/aromatic N) is 2. The van der Waals surface area contributed by atoms with Crippen LogP contribution in [-0.2, 0) is 23.1 Å². The first-order valence-corrected chi connectivity index (χ1v) is 8.37. The predicted molar refractivity (Wildman–Crippen MR) is 75.5 cm³/mol. The molecule has 1 saturated heterocycles. The quantitative estimate of drug-likeness (QED) is 0.859. The number of aryl methyl sites for hydroxylation is 1. The van der Waals surface area contributed by atoms with Crippen LogP contribution in [0, 0.1) is 0 Å². The molecule has 108 valence electrons. The molecule has 0 radical (unpaired) electrons. The summed E-state index contributed by atoms with van der Waals surface area (Å²) in [6.07, 6.45) is 4.72. The van der Waals surface area contributed by atoms with Crippen molar-refractivity contribution in [3.05, 3.63) is 18.0 Å². The topological polar surface area (TPSA) is 54.3 Å². The summed E-state index contributed by atoms with van der Waals surface area (Å²) in [7, 11) is -1.42. The summed E-state index contributed by atoms with van der Waals surface area (Å²) in [6.45, 7) is 4.95. The molecule has 0 atom stereocenters. The van der Waals surface area contributed by atoms with Crippen molar-refractivity contribution < 1.29 is 8.42 Å². The van der Waals surface area contributed by atoms with Crippen LogP contribution in [0.5, 0.6) is 0 Å². The van der Waals surface area contributed by atoms with Gasteiger partial charge in [0.05, 0.1) is 0 Å². The largest absolute Gasteiger partial charge is 0.349 e. The van der Waals surface area contributed by atoms with Gasteiger partial charge in [0.15, 0.2) is 0 Å². The minimum atomic E-state index is -3.29. The van der Waals surface area contributed by atoms with Gasteiger partial charge in [0.2, 0.25) is 10.0 Å². The molecule has 1 aliphatic rings. The number of sulfonamides is 1. The van der Waals surface area contributed by atoms with Gasteiger partial charge >= 0.3 is 0 Å². The average Bonchev–Trinajstić information content (AvgIpc) is 3.00. The molecule has 2 rings (SSSR count). The summed E-state index contributed by atoms with van der Waals surface area (Å²) in [4.78, 5) is 0.438. The van der Waals surface area contributed by atoms with Crippen LogP contribution >= 0.6 is 0 Å². The molecule has 1 fully saturated rings. The highest BCUT2D eigenvalue weighted by Crippen LogP contribution is 2.23. The minimum absolute atomic E-state index is 0.438. The molecular weight excluding hydrogens is 262 g/mol.